The van der Waals surface area contributed by atoms with Crippen molar-refractivity contribution in [3.05, 3.63) is 34.4 Å². The Labute approximate surface area is 168 Å². The summed E-state index contributed by atoms with van der Waals surface area (Å²) >= 11 is 0. The average molecular weight is 474 g/mol. The molecule has 164 valence electrons. The molecular formula is C13H19N3O10S3. The standard InChI is InChI=1S/C13H19N3O10S3/c1-27(19,20)25-9-7-15(8-10-26-28(2,21)22)11-14-29(23,24)13-6-4-3-5-12(13)16(17)18/h3-6,11H,7-10H2,1-2H3/b14-11+. The monoisotopic (exact) mass is 473 g/mol. The van der Waals surface area contributed by atoms with Gasteiger partial charge < -0.3 is 4.90 Å². The molecule has 0 unspecified atom stereocenters. The van der Waals surface area contributed by atoms with Crippen LogP contribution in [0.25, 0.3) is 0 Å². The molecule has 0 aliphatic rings. The zero-order valence-electron chi connectivity index (χ0n) is 15.4. The average Bonchev–Trinajstić information content (AvgIpc) is 2.57. The fourth-order valence-corrected chi connectivity index (χ4v) is 3.63. The van der Waals surface area contributed by atoms with Crippen LogP contribution < -0.4 is 0 Å². The molecule has 0 radical (unpaired) electrons. The lowest BCUT2D eigenvalue weighted by Crippen LogP contribution is -2.31. The van der Waals surface area contributed by atoms with Gasteiger partial charge in [-0.1, -0.05) is 12.1 Å². The highest BCUT2D eigenvalue weighted by atomic mass is 32.2. The van der Waals surface area contributed by atoms with Crippen LogP contribution in [0.4, 0.5) is 5.69 Å². The van der Waals surface area contributed by atoms with Crippen molar-refractivity contribution < 1.29 is 38.5 Å². The van der Waals surface area contributed by atoms with E-state index in [-0.39, 0.29) is 26.3 Å². The van der Waals surface area contributed by atoms with Gasteiger partial charge in [0, 0.05) is 19.2 Å². The Morgan fingerprint density at radius 2 is 1.48 bits per heavy atom. The van der Waals surface area contributed by atoms with E-state index >= 15 is 0 Å². The molecule has 1 rings (SSSR count). The molecule has 0 atom stereocenters. The number of benzene rings is 1. The van der Waals surface area contributed by atoms with Gasteiger partial charge in [-0.15, -0.1) is 4.40 Å². The second-order valence-electron chi connectivity index (χ2n) is 5.51. The molecule has 0 bridgehead atoms. The molecule has 1 aromatic carbocycles. The lowest BCUT2D eigenvalue weighted by Gasteiger charge is -2.18. The van der Waals surface area contributed by atoms with Gasteiger partial charge in [-0.2, -0.15) is 25.3 Å². The molecule has 1 aromatic rings. The Kier molecular flexibility index (Phi) is 8.64. The van der Waals surface area contributed by atoms with E-state index in [1.807, 2.05) is 0 Å². The number of hydrogen-bond acceptors (Lipinski definition) is 10. The minimum absolute atomic E-state index is 0.184. The van der Waals surface area contributed by atoms with Crippen molar-refractivity contribution in [1.29, 1.82) is 0 Å². The Balaban J connectivity index is 3.02. The molecule has 0 N–H and O–H groups in total. The van der Waals surface area contributed by atoms with Crippen molar-refractivity contribution >= 4 is 42.3 Å². The van der Waals surface area contributed by atoms with Gasteiger partial charge in [0.05, 0.1) is 30.6 Å². The van der Waals surface area contributed by atoms with Gasteiger partial charge in [0.25, 0.3) is 35.9 Å². The molecule has 16 heteroatoms. The number of nitrogens with zero attached hydrogens (tertiary/aromatic N) is 3. The summed E-state index contributed by atoms with van der Waals surface area (Å²) in [5, 5.41) is 11.0. The quantitative estimate of drug-likeness (QED) is 0.126. The number of para-hydroxylation sites is 1. The minimum Gasteiger partial charge on any atom is -0.357 e. The van der Waals surface area contributed by atoms with Gasteiger partial charge in [0.1, 0.15) is 6.34 Å². The number of rotatable bonds is 12. The van der Waals surface area contributed by atoms with Crippen molar-refractivity contribution in [2.45, 2.75) is 4.90 Å². The van der Waals surface area contributed by atoms with Crippen molar-refractivity contribution in [3.8, 4) is 0 Å². The van der Waals surface area contributed by atoms with E-state index in [1.54, 1.807) is 0 Å². The summed E-state index contributed by atoms with van der Waals surface area (Å²) in [6, 6.07) is 4.58. The Morgan fingerprint density at radius 3 is 1.93 bits per heavy atom. The summed E-state index contributed by atoms with van der Waals surface area (Å²) in [5.74, 6) is 0. The highest BCUT2D eigenvalue weighted by Gasteiger charge is 2.24. The zero-order chi connectivity index (χ0) is 22.3. The number of nitro benzene ring substituents is 1. The van der Waals surface area contributed by atoms with Gasteiger partial charge in [-0.05, 0) is 6.07 Å². The normalized spacial score (nSPS) is 12.9. The van der Waals surface area contributed by atoms with Crippen molar-refractivity contribution in [3.63, 3.8) is 0 Å². The first-order valence-electron chi connectivity index (χ1n) is 7.68. The van der Waals surface area contributed by atoms with Crippen molar-refractivity contribution in [1.82, 2.24) is 4.90 Å². The van der Waals surface area contributed by atoms with Gasteiger partial charge >= 0.3 is 0 Å². The smallest absolute Gasteiger partial charge is 0.290 e. The number of nitro groups is 1. The van der Waals surface area contributed by atoms with Crippen LogP contribution in [0.2, 0.25) is 0 Å². The zero-order valence-corrected chi connectivity index (χ0v) is 17.8. The maximum absolute atomic E-state index is 12.3. The van der Waals surface area contributed by atoms with E-state index in [1.165, 1.54) is 12.1 Å². The van der Waals surface area contributed by atoms with Gasteiger partial charge in [0.15, 0.2) is 4.90 Å². The molecule has 29 heavy (non-hydrogen) atoms. The predicted molar refractivity (Wildman–Crippen MR) is 102 cm³/mol. The maximum Gasteiger partial charge on any atom is 0.290 e. The van der Waals surface area contributed by atoms with Crippen molar-refractivity contribution in [2.75, 3.05) is 38.8 Å². The third-order valence-electron chi connectivity index (χ3n) is 3.04. The van der Waals surface area contributed by atoms with Crippen molar-refractivity contribution in [2.24, 2.45) is 4.40 Å². The highest BCUT2D eigenvalue weighted by Crippen LogP contribution is 2.24. The van der Waals surface area contributed by atoms with Crippen LogP contribution in [0.15, 0.2) is 33.6 Å². The molecule has 0 fully saturated rings. The first kappa shape index (κ1) is 24.9. The molecule has 0 heterocycles. The van der Waals surface area contributed by atoms with Crippen LogP contribution in [0, 0.1) is 10.1 Å². The summed E-state index contributed by atoms with van der Waals surface area (Å²) in [6.45, 7) is -1.13. The summed E-state index contributed by atoms with van der Waals surface area (Å²) in [7, 11) is -12.0. The van der Waals surface area contributed by atoms with E-state index in [9.17, 15) is 35.4 Å². The Morgan fingerprint density at radius 1 is 1.00 bits per heavy atom. The van der Waals surface area contributed by atoms with Crippen LogP contribution in [0.3, 0.4) is 0 Å². The molecular weight excluding hydrogens is 454 g/mol. The Bertz CT molecular complexity index is 1030. The minimum atomic E-state index is -4.47. The fourth-order valence-electron chi connectivity index (χ4n) is 1.85. The fraction of sp³-hybridized carbons (Fsp3) is 0.462. The summed E-state index contributed by atoms with van der Waals surface area (Å²) in [5.41, 5.74) is -0.669. The third kappa shape index (κ3) is 9.75. The first-order valence-corrected chi connectivity index (χ1v) is 12.8. The van der Waals surface area contributed by atoms with E-state index in [0.717, 1.165) is 35.9 Å². The van der Waals surface area contributed by atoms with Crippen LogP contribution in [0.1, 0.15) is 0 Å². The van der Waals surface area contributed by atoms with E-state index in [2.05, 4.69) is 12.8 Å². The molecule has 13 nitrogen and oxygen atoms in total. The molecule has 0 amide bonds. The van der Waals surface area contributed by atoms with Crippen LogP contribution in [-0.2, 0) is 38.6 Å². The number of sulfonamides is 1. The topological polar surface area (TPSA) is 180 Å². The SMILES string of the molecule is CS(=O)(=O)OCCN(/C=N/S(=O)(=O)c1ccccc1[N+](=O)[O-])CCOS(C)(=O)=O. The molecule has 0 spiro atoms. The highest BCUT2D eigenvalue weighted by molar-refractivity contribution is 7.90. The van der Waals surface area contributed by atoms with Gasteiger partial charge in [-0.25, -0.2) is 0 Å². The largest absolute Gasteiger partial charge is 0.357 e. The second-order valence-corrected chi connectivity index (χ2v) is 10.4. The summed E-state index contributed by atoms with van der Waals surface area (Å²) in [6.07, 6.45) is 2.41. The lowest BCUT2D eigenvalue weighted by atomic mass is 10.3. The molecule has 0 aliphatic heterocycles. The Hall–Kier alpha value is -2.14. The molecule has 0 aliphatic carbocycles. The van der Waals surface area contributed by atoms with Crippen LogP contribution in [-0.4, -0.2) is 80.2 Å². The summed E-state index contributed by atoms with van der Waals surface area (Å²) in [4.78, 5) is 10.6. The second kappa shape index (κ2) is 10.1. The number of hydrogen-bond donors (Lipinski definition) is 0. The lowest BCUT2D eigenvalue weighted by molar-refractivity contribution is -0.387. The van der Waals surface area contributed by atoms with E-state index in [0.29, 0.717) is 0 Å². The van der Waals surface area contributed by atoms with Crippen LogP contribution >= 0.6 is 0 Å². The first-order chi connectivity index (χ1) is 13.2. The van der Waals surface area contributed by atoms with E-state index in [4.69, 9.17) is 0 Å². The molecule has 0 saturated carbocycles. The third-order valence-corrected chi connectivity index (χ3v) is 5.50. The van der Waals surface area contributed by atoms with Crippen LogP contribution in [0.5, 0.6) is 0 Å². The summed E-state index contributed by atoms with van der Waals surface area (Å²) < 4.78 is 81.2. The van der Waals surface area contributed by atoms with E-state index < -0.39 is 45.8 Å². The predicted octanol–water partition coefficient (Wildman–Crippen LogP) is -0.434. The van der Waals surface area contributed by atoms with Gasteiger partial charge in [-0.3, -0.25) is 18.5 Å². The maximum atomic E-state index is 12.3. The molecule has 0 aromatic heterocycles. The molecule has 0 saturated heterocycles. The van der Waals surface area contributed by atoms with Gasteiger partial charge in [0.2, 0.25) is 0 Å².